The van der Waals surface area contributed by atoms with Gasteiger partial charge >= 0.3 is 5.97 Å². The highest BCUT2D eigenvalue weighted by Gasteiger charge is 2.18. The molecule has 0 saturated carbocycles. The smallest absolute Gasteiger partial charge is 0.307 e. The van der Waals surface area contributed by atoms with Crippen LogP contribution in [0.3, 0.4) is 0 Å². The van der Waals surface area contributed by atoms with E-state index in [0.717, 1.165) is 27.3 Å². The second-order valence-corrected chi connectivity index (χ2v) is 8.60. The van der Waals surface area contributed by atoms with Crippen molar-refractivity contribution >= 4 is 45.0 Å². The number of amides is 1. The summed E-state index contributed by atoms with van der Waals surface area (Å²) in [5, 5.41) is 11.7. The van der Waals surface area contributed by atoms with Gasteiger partial charge in [-0.15, -0.1) is 11.3 Å². The maximum Gasteiger partial charge on any atom is 0.307 e. The highest BCUT2D eigenvalue weighted by molar-refractivity contribution is 7.18. The van der Waals surface area contributed by atoms with Crippen LogP contribution in [0.15, 0.2) is 42.5 Å². The molecule has 0 aliphatic heterocycles. The van der Waals surface area contributed by atoms with Crippen LogP contribution >= 0.6 is 11.3 Å². The topological polar surface area (TPSA) is 121 Å². The van der Waals surface area contributed by atoms with E-state index < -0.39 is 0 Å². The zero-order chi connectivity index (χ0) is 23.8. The summed E-state index contributed by atoms with van der Waals surface area (Å²) >= 11 is 1.57. The number of fused-ring (bicyclic) bond motifs is 1. The third-order valence-electron chi connectivity index (χ3n) is 4.99. The fourth-order valence-electron chi connectivity index (χ4n) is 3.36. The monoisotopic (exact) mass is 467 g/mol. The Hall–Kier alpha value is -3.46. The number of rotatable bonds is 11. The normalized spacial score (nSPS) is 10.7. The first kappa shape index (κ1) is 24.2. The number of hydrogen-bond acceptors (Lipinski definition) is 7. The molecule has 0 atom stereocenters. The van der Waals surface area contributed by atoms with Crippen LogP contribution in [-0.2, 0) is 16.1 Å². The van der Waals surface area contributed by atoms with Gasteiger partial charge in [0.2, 0.25) is 0 Å². The summed E-state index contributed by atoms with van der Waals surface area (Å²) in [7, 11) is 0. The Morgan fingerprint density at radius 2 is 1.85 bits per heavy atom. The van der Waals surface area contributed by atoms with Crippen LogP contribution < -0.4 is 11.1 Å². The molecule has 4 N–H and O–H groups in total. The zero-order valence-electron chi connectivity index (χ0n) is 18.9. The van der Waals surface area contributed by atoms with Crippen molar-refractivity contribution in [3.8, 4) is 0 Å². The summed E-state index contributed by atoms with van der Waals surface area (Å²) in [5.74, 6) is -0.368. The van der Waals surface area contributed by atoms with Crippen LogP contribution in [-0.4, -0.2) is 47.3 Å². The van der Waals surface area contributed by atoms with Gasteiger partial charge in [0.25, 0.3) is 5.91 Å². The SMILES string of the molecule is CCCN(CCC(=O)OCC)C(=O)c1ccc2sc(CNc3ccc(C(=N)N)cc3)nc2c1. The Balaban J connectivity index is 1.67. The minimum Gasteiger partial charge on any atom is -0.466 e. The Kier molecular flexibility index (Phi) is 8.37. The number of nitrogens with zero attached hydrogens (tertiary/aromatic N) is 2. The Morgan fingerprint density at radius 3 is 2.52 bits per heavy atom. The van der Waals surface area contributed by atoms with Crippen molar-refractivity contribution in [3.63, 3.8) is 0 Å². The first-order valence-corrected chi connectivity index (χ1v) is 11.8. The van der Waals surface area contributed by atoms with Crippen LogP contribution in [0.5, 0.6) is 0 Å². The molecule has 0 saturated heterocycles. The van der Waals surface area contributed by atoms with E-state index in [4.69, 9.17) is 15.9 Å². The van der Waals surface area contributed by atoms with Crippen molar-refractivity contribution in [2.45, 2.75) is 33.2 Å². The van der Waals surface area contributed by atoms with Crippen LogP contribution in [0.25, 0.3) is 10.2 Å². The standard InChI is InChI=1S/C24H29N5O3S/c1-3-12-29(13-11-22(30)32-4-2)24(31)17-7-10-20-19(14-17)28-21(33-20)15-27-18-8-5-16(6-9-18)23(25)26/h5-10,14,27H,3-4,11-13,15H2,1-2H3,(H3,25,26). The van der Waals surface area contributed by atoms with Crippen molar-refractivity contribution in [2.24, 2.45) is 5.73 Å². The molecule has 0 bridgehead atoms. The number of aromatic nitrogens is 1. The molecular formula is C24H29N5O3S. The summed E-state index contributed by atoms with van der Waals surface area (Å²) in [6.07, 6.45) is 0.985. The van der Waals surface area contributed by atoms with Gasteiger partial charge < -0.3 is 20.7 Å². The second-order valence-electron chi connectivity index (χ2n) is 7.48. The zero-order valence-corrected chi connectivity index (χ0v) is 19.7. The van der Waals surface area contributed by atoms with Gasteiger partial charge in [-0.1, -0.05) is 6.92 Å². The Bertz CT molecular complexity index is 1130. The highest BCUT2D eigenvalue weighted by Crippen LogP contribution is 2.25. The van der Waals surface area contributed by atoms with Crippen LogP contribution in [0.2, 0.25) is 0 Å². The molecule has 174 valence electrons. The molecule has 3 aromatic rings. The lowest BCUT2D eigenvalue weighted by atomic mass is 10.1. The number of amidine groups is 1. The molecule has 33 heavy (non-hydrogen) atoms. The summed E-state index contributed by atoms with van der Waals surface area (Å²) < 4.78 is 5.98. The Labute approximate surface area is 197 Å². The number of ether oxygens (including phenoxy) is 1. The van der Waals surface area contributed by atoms with Crippen LogP contribution in [0.1, 0.15) is 47.6 Å². The molecule has 1 heterocycles. The van der Waals surface area contributed by atoms with Gasteiger partial charge in [0.15, 0.2) is 0 Å². The van der Waals surface area contributed by atoms with Crippen molar-refractivity contribution in [1.29, 1.82) is 5.41 Å². The molecule has 0 unspecified atom stereocenters. The molecule has 3 rings (SSSR count). The number of nitrogen functional groups attached to an aromatic ring is 1. The number of esters is 1. The van der Waals surface area contributed by atoms with Crippen molar-refractivity contribution in [2.75, 3.05) is 25.0 Å². The first-order chi connectivity index (χ1) is 15.9. The molecular weight excluding hydrogens is 438 g/mol. The van der Waals surface area contributed by atoms with E-state index in [1.165, 1.54) is 0 Å². The van der Waals surface area contributed by atoms with Crippen molar-refractivity contribution < 1.29 is 14.3 Å². The number of carbonyl (C=O) groups excluding carboxylic acids is 2. The molecule has 0 aliphatic rings. The number of thiazole rings is 1. The van der Waals surface area contributed by atoms with E-state index >= 15 is 0 Å². The molecule has 2 aromatic carbocycles. The number of anilines is 1. The largest absolute Gasteiger partial charge is 0.466 e. The minimum atomic E-state index is -0.297. The van der Waals surface area contributed by atoms with Crippen molar-refractivity contribution in [3.05, 3.63) is 58.6 Å². The van der Waals surface area contributed by atoms with E-state index in [0.29, 0.717) is 37.4 Å². The van der Waals surface area contributed by atoms with Gasteiger partial charge in [-0.2, -0.15) is 0 Å². The molecule has 0 fully saturated rings. The van der Waals surface area contributed by atoms with Gasteiger partial charge in [0.1, 0.15) is 10.8 Å². The lowest BCUT2D eigenvalue weighted by Gasteiger charge is -2.21. The predicted octanol–water partition coefficient (Wildman–Crippen LogP) is 4.00. The van der Waals surface area contributed by atoms with Gasteiger partial charge in [-0.3, -0.25) is 15.0 Å². The number of carbonyl (C=O) groups is 2. The average molecular weight is 468 g/mol. The number of nitrogens with one attached hydrogen (secondary N) is 2. The molecule has 0 radical (unpaired) electrons. The first-order valence-electron chi connectivity index (χ1n) is 10.9. The van der Waals surface area contributed by atoms with Crippen molar-refractivity contribution in [1.82, 2.24) is 9.88 Å². The van der Waals surface area contributed by atoms with E-state index in [1.54, 1.807) is 35.3 Å². The van der Waals surface area contributed by atoms with Gasteiger partial charge in [0.05, 0.1) is 29.8 Å². The summed E-state index contributed by atoms with van der Waals surface area (Å²) in [6.45, 7) is 5.56. The predicted molar refractivity (Wildman–Crippen MR) is 132 cm³/mol. The van der Waals surface area contributed by atoms with Gasteiger partial charge in [0, 0.05) is 29.9 Å². The number of hydrogen-bond donors (Lipinski definition) is 3. The highest BCUT2D eigenvalue weighted by atomic mass is 32.1. The lowest BCUT2D eigenvalue weighted by Crippen LogP contribution is -2.34. The average Bonchev–Trinajstić information content (AvgIpc) is 3.22. The van der Waals surface area contributed by atoms with Crippen LogP contribution in [0, 0.1) is 5.41 Å². The van der Waals surface area contributed by atoms with E-state index in [9.17, 15) is 9.59 Å². The van der Waals surface area contributed by atoms with Crippen LogP contribution in [0.4, 0.5) is 5.69 Å². The molecule has 1 aromatic heterocycles. The van der Waals surface area contributed by atoms with E-state index in [2.05, 4.69) is 10.3 Å². The maximum atomic E-state index is 13.1. The fourth-order valence-corrected chi connectivity index (χ4v) is 4.24. The fraction of sp³-hybridized carbons (Fsp3) is 0.333. The third kappa shape index (κ3) is 6.52. The van der Waals surface area contributed by atoms with E-state index in [-0.39, 0.29) is 24.1 Å². The summed E-state index contributed by atoms with van der Waals surface area (Å²) in [6, 6.07) is 12.9. The number of nitrogens with two attached hydrogens (primary N) is 1. The number of benzene rings is 2. The Morgan fingerprint density at radius 1 is 1.12 bits per heavy atom. The maximum absolute atomic E-state index is 13.1. The quantitative estimate of drug-likeness (QED) is 0.223. The second kappa shape index (κ2) is 11.4. The van der Waals surface area contributed by atoms with Gasteiger partial charge in [-0.05, 0) is 55.8 Å². The molecule has 0 aliphatic carbocycles. The summed E-state index contributed by atoms with van der Waals surface area (Å²) in [4.78, 5) is 31.1. The molecule has 0 spiro atoms. The molecule has 9 heteroatoms. The summed E-state index contributed by atoms with van der Waals surface area (Å²) in [5.41, 5.74) is 8.41. The van der Waals surface area contributed by atoms with Gasteiger partial charge in [-0.25, -0.2) is 4.98 Å². The third-order valence-corrected chi connectivity index (χ3v) is 6.03. The lowest BCUT2D eigenvalue weighted by molar-refractivity contribution is -0.143. The molecule has 8 nitrogen and oxygen atoms in total. The molecule has 1 amide bonds. The minimum absolute atomic E-state index is 0.0384. The van der Waals surface area contributed by atoms with E-state index in [1.807, 2.05) is 37.3 Å².